The third kappa shape index (κ3) is 4.82. The zero-order valence-electron chi connectivity index (χ0n) is 8.50. The first kappa shape index (κ1) is 12.7. The summed E-state index contributed by atoms with van der Waals surface area (Å²) < 4.78 is 9.80. The van der Waals surface area contributed by atoms with Gasteiger partial charge in [0, 0.05) is 0 Å². The number of quaternary nitrogens is 1. The summed E-state index contributed by atoms with van der Waals surface area (Å²) in [6, 6.07) is 0. The average molecular weight is 324 g/mol. The van der Waals surface area contributed by atoms with Crippen LogP contribution in [-0.4, -0.2) is 49.3 Å². The van der Waals surface area contributed by atoms with Crippen molar-refractivity contribution >= 4 is 28.6 Å². The predicted molar refractivity (Wildman–Crippen MR) is 64.0 cm³/mol. The van der Waals surface area contributed by atoms with Crippen LogP contribution in [0.5, 0.6) is 0 Å². The standard InChI is InChI=1S/C10H14INO3/c1-2-9(11)10(13)15-8-5-12-3-6-14-7-4-12/h1,9H,3-8H2/p+1. The van der Waals surface area contributed by atoms with Crippen LogP contribution in [0.15, 0.2) is 0 Å². The molecular formula is C10H15INO3+. The minimum Gasteiger partial charge on any atom is -0.458 e. The van der Waals surface area contributed by atoms with E-state index in [0.717, 1.165) is 32.8 Å². The maximum Gasteiger partial charge on any atom is 0.331 e. The largest absolute Gasteiger partial charge is 0.458 e. The highest BCUT2D eigenvalue weighted by atomic mass is 127. The van der Waals surface area contributed by atoms with E-state index < -0.39 is 3.92 Å². The van der Waals surface area contributed by atoms with Gasteiger partial charge in [0.15, 0.2) is 3.92 Å². The van der Waals surface area contributed by atoms with Crippen LogP contribution in [0.4, 0.5) is 0 Å². The van der Waals surface area contributed by atoms with Gasteiger partial charge in [0.1, 0.15) is 26.2 Å². The fraction of sp³-hybridized carbons (Fsp3) is 0.700. The monoisotopic (exact) mass is 324 g/mol. The molecule has 0 amide bonds. The number of hydrogen-bond acceptors (Lipinski definition) is 3. The first-order valence-corrected chi connectivity index (χ1v) is 6.16. The average Bonchev–Trinajstić information content (AvgIpc) is 2.29. The van der Waals surface area contributed by atoms with Crippen molar-refractivity contribution < 1.29 is 19.2 Å². The van der Waals surface area contributed by atoms with Gasteiger partial charge in [-0.3, -0.25) is 0 Å². The van der Waals surface area contributed by atoms with E-state index in [2.05, 4.69) is 5.92 Å². The highest BCUT2D eigenvalue weighted by molar-refractivity contribution is 14.1. The normalized spacial score (nSPS) is 19.2. The quantitative estimate of drug-likeness (QED) is 0.308. The second kappa shape index (κ2) is 7.04. The van der Waals surface area contributed by atoms with Crippen LogP contribution in [0.3, 0.4) is 0 Å². The molecule has 1 heterocycles. The number of terminal acetylenes is 1. The van der Waals surface area contributed by atoms with Crippen LogP contribution in [0.25, 0.3) is 0 Å². The number of alkyl halides is 1. The molecule has 84 valence electrons. The smallest absolute Gasteiger partial charge is 0.331 e. The molecule has 0 aliphatic carbocycles. The third-order valence-electron chi connectivity index (χ3n) is 2.25. The topological polar surface area (TPSA) is 40.0 Å². The molecule has 1 unspecified atom stereocenters. The van der Waals surface area contributed by atoms with Gasteiger partial charge in [-0.1, -0.05) is 28.5 Å². The number of halogens is 1. The summed E-state index contributed by atoms with van der Waals surface area (Å²) in [4.78, 5) is 12.6. The summed E-state index contributed by atoms with van der Waals surface area (Å²) in [6.07, 6.45) is 5.11. The minimum atomic E-state index is -0.470. The molecule has 1 fully saturated rings. The van der Waals surface area contributed by atoms with Crippen molar-refractivity contribution in [1.82, 2.24) is 0 Å². The molecule has 15 heavy (non-hydrogen) atoms. The Morgan fingerprint density at radius 3 is 2.87 bits per heavy atom. The number of rotatable bonds is 4. The molecule has 0 radical (unpaired) electrons. The lowest BCUT2D eigenvalue weighted by atomic mass is 10.4. The SMILES string of the molecule is C#CC(I)C(=O)OCC[NH+]1CCOCC1. The second-order valence-electron chi connectivity index (χ2n) is 3.31. The van der Waals surface area contributed by atoms with Crippen molar-refractivity contribution in [2.75, 3.05) is 39.5 Å². The molecule has 0 saturated carbocycles. The van der Waals surface area contributed by atoms with Crippen molar-refractivity contribution in [3.63, 3.8) is 0 Å². The predicted octanol–water partition coefficient (Wildman–Crippen LogP) is -1.12. The Hall–Kier alpha value is -0.320. The highest BCUT2D eigenvalue weighted by Gasteiger charge is 2.16. The highest BCUT2D eigenvalue weighted by Crippen LogP contribution is 2.00. The number of hydrogen-bond donors (Lipinski definition) is 1. The fourth-order valence-corrected chi connectivity index (χ4v) is 1.53. The van der Waals surface area contributed by atoms with Gasteiger partial charge in [0.05, 0.1) is 13.2 Å². The molecule has 1 aliphatic heterocycles. The number of carbonyl (C=O) groups excluding carboxylic acids is 1. The Morgan fingerprint density at radius 2 is 2.27 bits per heavy atom. The molecule has 1 N–H and O–H groups in total. The maximum atomic E-state index is 11.2. The molecule has 0 aromatic rings. The van der Waals surface area contributed by atoms with Crippen LogP contribution >= 0.6 is 22.6 Å². The van der Waals surface area contributed by atoms with Crippen molar-refractivity contribution in [1.29, 1.82) is 0 Å². The molecule has 1 atom stereocenters. The van der Waals surface area contributed by atoms with Crippen LogP contribution in [0.1, 0.15) is 0 Å². The summed E-state index contributed by atoms with van der Waals surface area (Å²) in [7, 11) is 0. The second-order valence-corrected chi connectivity index (χ2v) is 4.55. The van der Waals surface area contributed by atoms with E-state index in [4.69, 9.17) is 15.9 Å². The zero-order chi connectivity index (χ0) is 11.1. The number of nitrogens with one attached hydrogen (secondary N) is 1. The van der Waals surface area contributed by atoms with E-state index >= 15 is 0 Å². The Bertz CT molecular complexity index is 246. The summed E-state index contributed by atoms with van der Waals surface area (Å²) >= 11 is 1.89. The first-order chi connectivity index (χ1) is 7.24. The fourth-order valence-electron chi connectivity index (χ4n) is 1.35. The third-order valence-corrected chi connectivity index (χ3v) is 3.12. The molecule has 0 spiro atoms. The van der Waals surface area contributed by atoms with Crippen LogP contribution < -0.4 is 4.90 Å². The van der Waals surface area contributed by atoms with Gasteiger partial charge in [-0.2, -0.15) is 0 Å². The lowest BCUT2D eigenvalue weighted by molar-refractivity contribution is -0.908. The van der Waals surface area contributed by atoms with Gasteiger partial charge in [0.25, 0.3) is 0 Å². The maximum absolute atomic E-state index is 11.2. The number of morpholine rings is 1. The van der Waals surface area contributed by atoms with E-state index in [-0.39, 0.29) is 5.97 Å². The van der Waals surface area contributed by atoms with Crippen molar-refractivity contribution in [2.24, 2.45) is 0 Å². The van der Waals surface area contributed by atoms with Gasteiger partial charge in [-0.25, -0.2) is 4.79 Å². The van der Waals surface area contributed by atoms with Gasteiger partial charge >= 0.3 is 5.97 Å². The number of carbonyl (C=O) groups is 1. The Morgan fingerprint density at radius 1 is 1.60 bits per heavy atom. The van der Waals surface area contributed by atoms with E-state index in [1.54, 1.807) is 0 Å². The molecule has 1 aliphatic rings. The van der Waals surface area contributed by atoms with Gasteiger partial charge in [0.2, 0.25) is 0 Å². The molecular weight excluding hydrogens is 309 g/mol. The van der Waals surface area contributed by atoms with Crippen molar-refractivity contribution in [2.45, 2.75) is 3.92 Å². The van der Waals surface area contributed by atoms with Gasteiger partial charge < -0.3 is 14.4 Å². The Kier molecular flexibility index (Phi) is 5.98. The molecule has 0 aromatic heterocycles. The molecule has 5 heteroatoms. The summed E-state index contributed by atoms with van der Waals surface area (Å²) in [5.74, 6) is 2.02. The first-order valence-electron chi connectivity index (χ1n) is 4.92. The van der Waals surface area contributed by atoms with Crippen molar-refractivity contribution in [3.05, 3.63) is 0 Å². The summed E-state index contributed by atoms with van der Waals surface area (Å²) in [5.41, 5.74) is 0. The Labute approximate surface area is 103 Å². The van der Waals surface area contributed by atoms with E-state index in [1.165, 1.54) is 4.90 Å². The zero-order valence-corrected chi connectivity index (χ0v) is 10.7. The van der Waals surface area contributed by atoms with Gasteiger partial charge in [-0.15, -0.1) is 6.42 Å². The number of esters is 1. The van der Waals surface area contributed by atoms with Crippen LogP contribution in [-0.2, 0) is 14.3 Å². The molecule has 1 saturated heterocycles. The molecule has 0 aromatic carbocycles. The van der Waals surface area contributed by atoms with E-state index in [0.29, 0.717) is 6.61 Å². The minimum absolute atomic E-state index is 0.314. The van der Waals surface area contributed by atoms with Crippen LogP contribution in [0, 0.1) is 12.3 Å². The van der Waals surface area contributed by atoms with Crippen molar-refractivity contribution in [3.8, 4) is 12.3 Å². The summed E-state index contributed by atoms with van der Waals surface area (Å²) in [5, 5.41) is 0. The van der Waals surface area contributed by atoms with Gasteiger partial charge in [-0.05, 0) is 0 Å². The lowest BCUT2D eigenvalue weighted by Gasteiger charge is -2.23. The molecule has 4 nitrogen and oxygen atoms in total. The molecule has 0 bridgehead atoms. The Balaban J connectivity index is 2.10. The number of ether oxygens (including phenoxy) is 2. The van der Waals surface area contributed by atoms with E-state index in [9.17, 15) is 4.79 Å². The summed E-state index contributed by atoms with van der Waals surface area (Å²) in [6.45, 7) is 4.84. The van der Waals surface area contributed by atoms with Crippen LogP contribution in [0.2, 0.25) is 0 Å². The molecule has 1 rings (SSSR count). The van der Waals surface area contributed by atoms with E-state index in [1.807, 2.05) is 22.6 Å². The lowest BCUT2D eigenvalue weighted by Crippen LogP contribution is -3.14.